The Kier molecular flexibility index (Phi) is 1.50. The Bertz CT molecular complexity index is 403. The highest BCUT2D eigenvalue weighted by molar-refractivity contribution is 5.97. The summed E-state index contributed by atoms with van der Waals surface area (Å²) in [4.78, 5) is 23.4. The second-order valence-electron chi connectivity index (χ2n) is 5.93. The van der Waals surface area contributed by atoms with Crippen LogP contribution in [0.1, 0.15) is 39.5 Å². The normalized spacial score (nSPS) is 41.7. The Labute approximate surface area is 89.7 Å². The van der Waals surface area contributed by atoms with Crippen LogP contribution in [-0.4, -0.2) is 11.6 Å². The van der Waals surface area contributed by atoms with Crippen LogP contribution in [0.15, 0.2) is 11.6 Å². The van der Waals surface area contributed by atoms with Crippen LogP contribution < -0.4 is 0 Å². The van der Waals surface area contributed by atoms with Gasteiger partial charge < -0.3 is 0 Å². The van der Waals surface area contributed by atoms with E-state index in [1.54, 1.807) is 0 Å². The van der Waals surface area contributed by atoms with Gasteiger partial charge in [-0.05, 0) is 24.3 Å². The molecule has 0 aliphatic heterocycles. The van der Waals surface area contributed by atoms with Gasteiger partial charge in [-0.25, -0.2) is 0 Å². The summed E-state index contributed by atoms with van der Waals surface area (Å²) in [6.07, 6.45) is 5.01. The second-order valence-corrected chi connectivity index (χ2v) is 5.93. The van der Waals surface area contributed by atoms with Crippen LogP contribution in [0.2, 0.25) is 0 Å². The van der Waals surface area contributed by atoms with Gasteiger partial charge >= 0.3 is 0 Å². The molecule has 0 radical (unpaired) electrons. The van der Waals surface area contributed by atoms with Crippen LogP contribution in [0.5, 0.6) is 0 Å². The van der Waals surface area contributed by atoms with Gasteiger partial charge in [-0.1, -0.05) is 19.4 Å². The second kappa shape index (κ2) is 2.42. The highest BCUT2D eigenvalue weighted by Crippen LogP contribution is 2.65. The van der Waals surface area contributed by atoms with E-state index in [-0.39, 0.29) is 22.5 Å². The molecule has 3 aliphatic rings. The van der Waals surface area contributed by atoms with E-state index >= 15 is 0 Å². The molecule has 2 bridgehead atoms. The summed E-state index contributed by atoms with van der Waals surface area (Å²) in [6.45, 7) is 4.26. The minimum Gasteiger partial charge on any atom is -0.299 e. The molecule has 2 atom stereocenters. The van der Waals surface area contributed by atoms with Crippen LogP contribution in [-0.2, 0) is 9.59 Å². The summed E-state index contributed by atoms with van der Waals surface area (Å²) in [7, 11) is 0. The van der Waals surface area contributed by atoms with Crippen molar-refractivity contribution in [1.82, 2.24) is 0 Å². The molecule has 0 heterocycles. The van der Waals surface area contributed by atoms with Gasteiger partial charge in [-0.15, -0.1) is 0 Å². The molecule has 0 saturated heterocycles. The first-order chi connectivity index (χ1) is 6.96. The monoisotopic (exact) mass is 204 g/mol. The van der Waals surface area contributed by atoms with Gasteiger partial charge in [0.05, 0.1) is 0 Å². The number of hydrogen-bond acceptors (Lipinski definition) is 2. The maximum absolute atomic E-state index is 11.9. The molecule has 0 unspecified atom stereocenters. The lowest BCUT2D eigenvalue weighted by Crippen LogP contribution is -2.29. The summed E-state index contributed by atoms with van der Waals surface area (Å²) >= 11 is 0. The van der Waals surface area contributed by atoms with Gasteiger partial charge in [0.1, 0.15) is 5.78 Å². The van der Waals surface area contributed by atoms with Crippen molar-refractivity contribution in [2.45, 2.75) is 39.5 Å². The van der Waals surface area contributed by atoms with Gasteiger partial charge in [0.2, 0.25) is 0 Å². The van der Waals surface area contributed by atoms with E-state index in [0.717, 1.165) is 12.8 Å². The van der Waals surface area contributed by atoms with Crippen molar-refractivity contribution in [3.63, 3.8) is 0 Å². The molecule has 3 rings (SSSR count). The first kappa shape index (κ1) is 9.32. The average molecular weight is 204 g/mol. The van der Waals surface area contributed by atoms with Gasteiger partial charge in [-0.3, -0.25) is 9.59 Å². The van der Waals surface area contributed by atoms with Crippen molar-refractivity contribution in [2.75, 3.05) is 0 Å². The number of hydrogen-bond donors (Lipinski definition) is 0. The number of allylic oxidation sites excluding steroid dienone is 2. The molecule has 0 aromatic rings. The van der Waals surface area contributed by atoms with E-state index < -0.39 is 0 Å². The summed E-state index contributed by atoms with van der Waals surface area (Å²) < 4.78 is 0. The van der Waals surface area contributed by atoms with Crippen molar-refractivity contribution in [3.05, 3.63) is 11.6 Å². The Morgan fingerprint density at radius 2 is 2.07 bits per heavy atom. The summed E-state index contributed by atoms with van der Waals surface area (Å²) in [5, 5.41) is 0. The number of carbonyl (C=O) groups is 2. The number of rotatable bonds is 0. The summed E-state index contributed by atoms with van der Waals surface area (Å²) in [6, 6.07) is 0. The lowest BCUT2D eigenvalue weighted by molar-refractivity contribution is -0.128. The van der Waals surface area contributed by atoms with E-state index in [1.165, 1.54) is 5.57 Å². The molecule has 80 valence electrons. The Morgan fingerprint density at radius 3 is 2.80 bits per heavy atom. The molecule has 2 saturated carbocycles. The Morgan fingerprint density at radius 1 is 1.33 bits per heavy atom. The van der Waals surface area contributed by atoms with Crippen LogP contribution in [0.25, 0.3) is 0 Å². The molecular weight excluding hydrogens is 188 g/mol. The van der Waals surface area contributed by atoms with Crippen LogP contribution >= 0.6 is 0 Å². The SMILES string of the molecule is CC1(C)C2=CC(=O)C[C@@]23CCC(=O)[C@@H]1C3. The van der Waals surface area contributed by atoms with Gasteiger partial charge in [-0.2, -0.15) is 0 Å². The first-order valence-electron chi connectivity index (χ1n) is 5.74. The lowest BCUT2D eigenvalue weighted by atomic mass is 9.73. The highest BCUT2D eigenvalue weighted by atomic mass is 16.1. The molecule has 0 aromatic carbocycles. The largest absolute Gasteiger partial charge is 0.299 e. The third kappa shape index (κ3) is 0.952. The Hall–Kier alpha value is -0.920. The van der Waals surface area contributed by atoms with E-state index in [1.807, 2.05) is 6.08 Å². The number of carbonyl (C=O) groups excluding carboxylic acids is 2. The molecule has 0 N–H and O–H groups in total. The molecule has 0 amide bonds. The molecule has 3 aliphatic carbocycles. The molecule has 2 heteroatoms. The van der Waals surface area contributed by atoms with Gasteiger partial charge in [0.25, 0.3) is 0 Å². The van der Waals surface area contributed by atoms with E-state index in [2.05, 4.69) is 13.8 Å². The predicted molar refractivity (Wildman–Crippen MR) is 56.3 cm³/mol. The highest BCUT2D eigenvalue weighted by Gasteiger charge is 2.60. The maximum Gasteiger partial charge on any atom is 0.156 e. The minimum atomic E-state index is -0.0697. The average Bonchev–Trinajstić information content (AvgIpc) is 2.55. The number of fused-ring (bicyclic) bond motifs is 1. The Balaban J connectivity index is 2.17. The van der Waals surface area contributed by atoms with E-state index in [0.29, 0.717) is 18.6 Å². The van der Waals surface area contributed by atoms with Crippen LogP contribution in [0, 0.1) is 16.7 Å². The fourth-order valence-corrected chi connectivity index (χ4v) is 4.06. The van der Waals surface area contributed by atoms with E-state index in [9.17, 15) is 9.59 Å². The molecule has 1 spiro atoms. The van der Waals surface area contributed by atoms with E-state index in [4.69, 9.17) is 0 Å². The minimum absolute atomic E-state index is 0.0697. The smallest absolute Gasteiger partial charge is 0.156 e. The standard InChI is InChI=1S/C13H16O2/c1-12(2)9-7-13(4-3-10(9)15)6-8(14)5-11(12)13/h5,9H,3-4,6-7H2,1-2H3/t9-,13+/m0/s1. The molecule has 15 heavy (non-hydrogen) atoms. The van der Waals surface area contributed by atoms with Gasteiger partial charge in [0, 0.05) is 24.2 Å². The lowest BCUT2D eigenvalue weighted by Gasteiger charge is -2.29. The summed E-state index contributed by atoms with van der Waals surface area (Å²) in [5.41, 5.74) is 1.29. The van der Waals surface area contributed by atoms with Crippen molar-refractivity contribution >= 4 is 11.6 Å². The third-order valence-corrected chi connectivity index (χ3v) is 4.79. The van der Waals surface area contributed by atoms with Gasteiger partial charge in [0.15, 0.2) is 5.78 Å². The van der Waals surface area contributed by atoms with Crippen molar-refractivity contribution in [2.24, 2.45) is 16.7 Å². The van der Waals surface area contributed by atoms with Crippen molar-refractivity contribution < 1.29 is 9.59 Å². The molecule has 0 aromatic heterocycles. The zero-order valence-corrected chi connectivity index (χ0v) is 9.30. The molecule has 2 fully saturated rings. The molecular formula is C13H16O2. The zero-order valence-electron chi connectivity index (χ0n) is 9.30. The van der Waals surface area contributed by atoms with Crippen molar-refractivity contribution in [1.29, 1.82) is 0 Å². The fourth-order valence-electron chi connectivity index (χ4n) is 4.06. The van der Waals surface area contributed by atoms with Crippen molar-refractivity contribution in [3.8, 4) is 0 Å². The number of Topliss-reactive ketones (excluding diaryl/α,β-unsaturated/α-hetero) is 1. The van der Waals surface area contributed by atoms with Crippen LogP contribution in [0.3, 0.4) is 0 Å². The third-order valence-electron chi connectivity index (χ3n) is 4.79. The first-order valence-corrected chi connectivity index (χ1v) is 5.74. The predicted octanol–water partition coefficient (Wildman–Crippen LogP) is 2.28. The summed E-state index contributed by atoms with van der Waals surface area (Å²) in [5.74, 6) is 0.852. The zero-order chi connectivity index (χ0) is 10.8. The maximum atomic E-state index is 11.9. The quantitative estimate of drug-likeness (QED) is 0.606. The molecule has 2 nitrogen and oxygen atoms in total. The fraction of sp³-hybridized carbons (Fsp3) is 0.692. The van der Waals surface area contributed by atoms with Crippen LogP contribution in [0.4, 0.5) is 0 Å². The number of ketones is 2. The topological polar surface area (TPSA) is 34.1 Å².